The van der Waals surface area contributed by atoms with Crippen LogP contribution in [0.5, 0.6) is 0 Å². The minimum absolute atomic E-state index is 0.00317. The summed E-state index contributed by atoms with van der Waals surface area (Å²) in [6.07, 6.45) is 60.4. The molecule has 0 aliphatic rings. The summed E-state index contributed by atoms with van der Waals surface area (Å²) in [5.74, 6) is -0.466. The Kier molecular flexibility index (Phi) is 42.2. The Labute approximate surface area is 375 Å². The Morgan fingerprint density at radius 2 is 0.951 bits per heavy atom. The second-order valence-electron chi connectivity index (χ2n) is 16.7. The van der Waals surface area contributed by atoms with E-state index >= 15 is 0 Å². The number of carbonyl (C=O) groups is 1. The molecule has 8 nitrogen and oxygen atoms in total. The molecule has 350 valence electrons. The number of carbonyl (C=O) groups excluding carboxylic acids is 1. The van der Waals surface area contributed by atoms with Crippen LogP contribution in [0.4, 0.5) is 0 Å². The summed E-state index contributed by atoms with van der Waals surface area (Å²) in [4.78, 5) is 25.0. The molecule has 0 fully saturated rings. The lowest BCUT2D eigenvalue weighted by atomic mass is 10.1. The van der Waals surface area contributed by atoms with Crippen LogP contribution >= 0.6 is 7.82 Å². The van der Waals surface area contributed by atoms with Crippen molar-refractivity contribution in [2.75, 3.05) is 54.1 Å². The van der Waals surface area contributed by atoms with E-state index in [4.69, 9.17) is 18.5 Å². The lowest BCUT2D eigenvalue weighted by Gasteiger charge is -2.28. The number of allylic oxidation sites excluding steroid dienone is 15. The molecule has 0 N–H and O–H groups in total. The van der Waals surface area contributed by atoms with Crippen LogP contribution < -0.4 is 4.89 Å². The zero-order valence-corrected chi connectivity index (χ0v) is 40.5. The number of hydrogen-bond acceptors (Lipinski definition) is 7. The fourth-order valence-electron chi connectivity index (χ4n) is 5.98. The largest absolute Gasteiger partial charge is 0.756 e. The van der Waals surface area contributed by atoms with E-state index in [1.54, 1.807) is 6.08 Å². The second kappa shape index (κ2) is 44.0. The van der Waals surface area contributed by atoms with E-state index in [1.807, 2.05) is 27.2 Å². The smallest absolute Gasteiger partial charge is 0.310 e. The van der Waals surface area contributed by atoms with Gasteiger partial charge in [-0.1, -0.05) is 182 Å². The van der Waals surface area contributed by atoms with Crippen molar-refractivity contribution < 1.29 is 37.3 Å². The third-order valence-electron chi connectivity index (χ3n) is 9.65. The molecule has 2 unspecified atom stereocenters. The summed E-state index contributed by atoms with van der Waals surface area (Å²) < 4.78 is 34.5. The van der Waals surface area contributed by atoms with E-state index in [-0.39, 0.29) is 26.2 Å². The summed E-state index contributed by atoms with van der Waals surface area (Å²) in [6, 6.07) is 0. The van der Waals surface area contributed by atoms with Gasteiger partial charge in [0.05, 0.1) is 40.8 Å². The van der Waals surface area contributed by atoms with Gasteiger partial charge in [-0.15, -0.1) is 0 Å². The lowest BCUT2D eigenvalue weighted by Crippen LogP contribution is -2.37. The molecular formula is C52H90NO7P. The highest BCUT2D eigenvalue weighted by atomic mass is 31.2. The van der Waals surface area contributed by atoms with Crippen molar-refractivity contribution in [2.45, 2.75) is 174 Å². The first-order valence-electron chi connectivity index (χ1n) is 24.0. The van der Waals surface area contributed by atoms with Crippen molar-refractivity contribution in [1.29, 1.82) is 0 Å². The van der Waals surface area contributed by atoms with Crippen molar-refractivity contribution in [3.63, 3.8) is 0 Å². The summed E-state index contributed by atoms with van der Waals surface area (Å²) in [5, 5.41) is 0. The van der Waals surface area contributed by atoms with Crippen molar-refractivity contribution in [1.82, 2.24) is 0 Å². The average molecular weight is 872 g/mol. The first-order chi connectivity index (χ1) is 29.6. The van der Waals surface area contributed by atoms with Crippen LogP contribution in [-0.2, 0) is 27.9 Å². The molecule has 0 spiro atoms. The number of hydrogen-bond donors (Lipinski definition) is 0. The molecule has 0 radical (unpaired) electrons. The van der Waals surface area contributed by atoms with Crippen LogP contribution in [0.1, 0.15) is 168 Å². The van der Waals surface area contributed by atoms with E-state index in [0.29, 0.717) is 24.1 Å². The standard InChI is InChI=1S/C52H90NO7P/c1-6-8-10-12-14-16-18-20-22-23-24-25-26-27-28-29-30-32-34-36-38-40-42-44-47-57-49-51(50-59-61(55,56)58-48-46-53(3,4)5)60-52(54)45-43-41-39-37-35-33-31-21-19-17-15-13-11-9-7-2/h9,11,15,17-18,20-21,23-24,26-27,31,35,37,41,43,51H,6-8,10,12-14,16,19,22,25,28-30,32-34,36,38-40,42,44-50H2,1-5H3/b11-9-,17-15-,20-18-,24-23-,27-26-,31-21-,37-35-,43-41-. The van der Waals surface area contributed by atoms with Crippen molar-refractivity contribution in [3.8, 4) is 0 Å². The monoisotopic (exact) mass is 872 g/mol. The molecular weight excluding hydrogens is 782 g/mol. The summed E-state index contributed by atoms with van der Waals surface area (Å²) >= 11 is 0. The fourth-order valence-corrected chi connectivity index (χ4v) is 6.71. The van der Waals surface area contributed by atoms with Crippen molar-refractivity contribution in [3.05, 3.63) is 97.2 Å². The zero-order valence-electron chi connectivity index (χ0n) is 39.6. The third kappa shape index (κ3) is 48.3. The van der Waals surface area contributed by atoms with Crippen LogP contribution in [0, 0.1) is 0 Å². The summed E-state index contributed by atoms with van der Waals surface area (Å²) in [6.45, 7) is 5.11. The molecule has 0 rings (SSSR count). The number of rotatable bonds is 43. The van der Waals surface area contributed by atoms with Gasteiger partial charge in [-0.3, -0.25) is 9.36 Å². The quantitative estimate of drug-likeness (QED) is 0.0198. The number of quaternary nitrogens is 1. The number of ether oxygens (including phenoxy) is 2. The molecule has 0 saturated carbocycles. The molecule has 0 bridgehead atoms. The minimum Gasteiger partial charge on any atom is -0.756 e. The van der Waals surface area contributed by atoms with Crippen LogP contribution in [0.25, 0.3) is 0 Å². The first-order valence-corrected chi connectivity index (χ1v) is 25.4. The zero-order chi connectivity index (χ0) is 44.8. The molecule has 0 heterocycles. The highest BCUT2D eigenvalue weighted by Crippen LogP contribution is 2.38. The highest BCUT2D eigenvalue weighted by molar-refractivity contribution is 7.45. The van der Waals surface area contributed by atoms with Gasteiger partial charge in [0.15, 0.2) is 0 Å². The highest BCUT2D eigenvalue weighted by Gasteiger charge is 2.20. The molecule has 0 aromatic rings. The van der Waals surface area contributed by atoms with Crippen LogP contribution in [-0.4, -0.2) is 70.7 Å². The predicted octanol–water partition coefficient (Wildman–Crippen LogP) is 14.0. The van der Waals surface area contributed by atoms with Crippen LogP contribution in [0.3, 0.4) is 0 Å². The Morgan fingerprint density at radius 1 is 0.525 bits per heavy atom. The van der Waals surface area contributed by atoms with E-state index in [2.05, 4.69) is 98.9 Å². The van der Waals surface area contributed by atoms with Gasteiger partial charge in [0.2, 0.25) is 0 Å². The normalized spacial score (nSPS) is 14.5. The van der Waals surface area contributed by atoms with Gasteiger partial charge in [0.25, 0.3) is 7.82 Å². The third-order valence-corrected chi connectivity index (χ3v) is 10.6. The molecule has 0 saturated heterocycles. The van der Waals surface area contributed by atoms with Gasteiger partial charge in [0, 0.05) is 6.61 Å². The molecule has 61 heavy (non-hydrogen) atoms. The van der Waals surface area contributed by atoms with Gasteiger partial charge >= 0.3 is 5.97 Å². The van der Waals surface area contributed by atoms with Gasteiger partial charge in [-0.05, 0) is 77.0 Å². The summed E-state index contributed by atoms with van der Waals surface area (Å²) in [5.41, 5.74) is 0. The summed E-state index contributed by atoms with van der Waals surface area (Å²) in [7, 11) is 1.28. The number of unbranched alkanes of at least 4 members (excludes halogenated alkanes) is 14. The Morgan fingerprint density at radius 3 is 1.43 bits per heavy atom. The van der Waals surface area contributed by atoms with Gasteiger partial charge in [-0.2, -0.15) is 0 Å². The molecule has 0 aliphatic carbocycles. The van der Waals surface area contributed by atoms with Crippen LogP contribution in [0.2, 0.25) is 0 Å². The van der Waals surface area contributed by atoms with Crippen LogP contribution in [0.15, 0.2) is 97.2 Å². The Bertz CT molecular complexity index is 1290. The molecule has 0 aliphatic heterocycles. The Balaban J connectivity index is 4.27. The number of phosphoric ester groups is 1. The number of nitrogens with zero attached hydrogens (tertiary/aromatic N) is 1. The molecule has 2 atom stereocenters. The van der Waals surface area contributed by atoms with E-state index in [0.717, 1.165) is 57.8 Å². The average Bonchev–Trinajstić information content (AvgIpc) is 3.22. The maximum absolute atomic E-state index is 12.6. The van der Waals surface area contributed by atoms with Gasteiger partial charge < -0.3 is 27.9 Å². The van der Waals surface area contributed by atoms with Gasteiger partial charge in [0.1, 0.15) is 19.3 Å². The topological polar surface area (TPSA) is 94.1 Å². The molecule has 0 aromatic heterocycles. The Hall–Kier alpha value is -2.58. The van der Waals surface area contributed by atoms with Crippen molar-refractivity contribution >= 4 is 13.8 Å². The molecule has 9 heteroatoms. The van der Waals surface area contributed by atoms with Gasteiger partial charge in [-0.25, -0.2) is 0 Å². The SMILES string of the molecule is CC/C=C\C/C=C\C/C=C\C/C=C\C/C=C\CC(=O)OC(COCCCCCCCCCCC/C=C\C/C=C\C/C=C\CCCCCCC)COP(=O)([O-])OCC[N+](C)(C)C. The maximum atomic E-state index is 12.6. The fraction of sp³-hybridized carbons (Fsp3) is 0.673. The van der Waals surface area contributed by atoms with Crippen molar-refractivity contribution in [2.24, 2.45) is 0 Å². The predicted molar refractivity (Wildman–Crippen MR) is 258 cm³/mol. The maximum Gasteiger partial charge on any atom is 0.310 e. The molecule has 0 aromatic carbocycles. The van der Waals surface area contributed by atoms with E-state index in [9.17, 15) is 14.3 Å². The number of esters is 1. The van der Waals surface area contributed by atoms with E-state index in [1.165, 1.54) is 83.5 Å². The van der Waals surface area contributed by atoms with E-state index < -0.39 is 19.9 Å². The number of likely N-dealkylation sites (N-methyl/N-ethyl adjacent to an activating group) is 1. The second-order valence-corrected chi connectivity index (χ2v) is 18.2. The first kappa shape index (κ1) is 58.4. The minimum atomic E-state index is -4.56. The number of phosphoric acid groups is 1. The lowest BCUT2D eigenvalue weighted by molar-refractivity contribution is -0.870. The molecule has 0 amide bonds.